The van der Waals surface area contributed by atoms with E-state index in [1.165, 1.54) is 6.92 Å². The summed E-state index contributed by atoms with van der Waals surface area (Å²) in [4.78, 5) is 12.4. The zero-order valence-electron chi connectivity index (χ0n) is 18.9. The van der Waals surface area contributed by atoms with Crippen molar-refractivity contribution in [1.82, 2.24) is 0 Å². The van der Waals surface area contributed by atoms with Crippen LogP contribution in [0.15, 0.2) is 133 Å². The standard InChI is InChI=1S/C31H25ClO2/c1-24(33)34-31(27-16-10-7-11-17-27,29-18-12-13-19-30(29)32)28-22-20-26(21-23-28)25-14-8-5-3-2-4-6-9-15-25/h2-23H,1H3. The molecule has 1 unspecified atom stereocenters. The lowest BCUT2D eigenvalue weighted by molar-refractivity contribution is -0.150. The number of benzene rings is 3. The molecule has 2 nitrogen and oxygen atoms in total. The van der Waals surface area contributed by atoms with Crippen molar-refractivity contribution in [2.75, 3.05) is 0 Å². The van der Waals surface area contributed by atoms with Gasteiger partial charge in [0.25, 0.3) is 0 Å². The molecule has 3 heteroatoms. The molecule has 0 aliphatic heterocycles. The average molecular weight is 465 g/mol. The lowest BCUT2D eigenvalue weighted by Gasteiger charge is -2.35. The van der Waals surface area contributed by atoms with E-state index in [2.05, 4.69) is 12.1 Å². The first kappa shape index (κ1) is 23.3. The lowest BCUT2D eigenvalue weighted by Crippen LogP contribution is -2.35. The Labute approximate surface area is 205 Å². The molecule has 4 aromatic carbocycles. The molecule has 0 saturated heterocycles. The highest BCUT2D eigenvalue weighted by molar-refractivity contribution is 6.31. The minimum absolute atomic E-state index is 0.393. The molecule has 34 heavy (non-hydrogen) atoms. The van der Waals surface area contributed by atoms with Gasteiger partial charge < -0.3 is 4.74 Å². The van der Waals surface area contributed by atoms with Gasteiger partial charge in [-0.05, 0) is 17.2 Å². The minimum Gasteiger partial charge on any atom is -0.444 e. The number of esters is 1. The summed E-state index contributed by atoms with van der Waals surface area (Å²) in [5, 5.41) is 0.527. The first-order valence-electron chi connectivity index (χ1n) is 11.1. The summed E-state index contributed by atoms with van der Waals surface area (Å²) in [7, 11) is 0. The second-order valence-corrected chi connectivity index (χ2v) is 8.24. The van der Waals surface area contributed by atoms with E-state index in [4.69, 9.17) is 16.3 Å². The Morgan fingerprint density at radius 3 is 1.62 bits per heavy atom. The zero-order valence-corrected chi connectivity index (χ0v) is 19.7. The molecular formula is C31H25ClO2. The number of hydrogen-bond acceptors (Lipinski definition) is 2. The van der Waals surface area contributed by atoms with Crippen molar-refractivity contribution in [3.8, 4) is 11.1 Å². The molecule has 1 atom stereocenters. The maximum Gasteiger partial charge on any atom is 0.304 e. The van der Waals surface area contributed by atoms with Crippen molar-refractivity contribution < 1.29 is 9.53 Å². The Kier molecular flexibility index (Phi) is 7.41. The Balaban J connectivity index is 1.92. The fraction of sp³-hybridized carbons (Fsp3) is 0.0645. The molecule has 4 aromatic rings. The number of ether oxygens (including phenoxy) is 1. The largest absolute Gasteiger partial charge is 0.444 e. The summed E-state index contributed by atoms with van der Waals surface area (Å²) >= 11 is 6.68. The molecule has 0 heterocycles. The van der Waals surface area contributed by atoms with Crippen LogP contribution in [0.25, 0.3) is 11.1 Å². The van der Waals surface area contributed by atoms with Crippen LogP contribution < -0.4 is 0 Å². The van der Waals surface area contributed by atoms with Gasteiger partial charge in [0.15, 0.2) is 5.60 Å². The molecule has 0 aliphatic rings. The zero-order chi connectivity index (χ0) is 23.8. The van der Waals surface area contributed by atoms with E-state index < -0.39 is 11.6 Å². The fourth-order valence-electron chi connectivity index (χ4n) is 4.07. The van der Waals surface area contributed by atoms with Gasteiger partial charge in [0.2, 0.25) is 0 Å². The minimum atomic E-state index is -1.18. The van der Waals surface area contributed by atoms with Crippen LogP contribution in [0.4, 0.5) is 0 Å². The van der Waals surface area contributed by atoms with E-state index in [9.17, 15) is 4.79 Å². The van der Waals surface area contributed by atoms with Crippen molar-refractivity contribution in [3.63, 3.8) is 0 Å². The Morgan fingerprint density at radius 2 is 1.03 bits per heavy atom. The van der Waals surface area contributed by atoms with Gasteiger partial charge in [-0.25, -0.2) is 0 Å². The van der Waals surface area contributed by atoms with E-state index in [-0.39, 0.29) is 0 Å². The molecule has 4 rings (SSSR count). The topological polar surface area (TPSA) is 26.3 Å². The SMILES string of the molecule is CC(=O)OC(c1ccccc1)(c1ccc(-c2ccccccccc2)cc1)c1ccccc1Cl. The highest BCUT2D eigenvalue weighted by Crippen LogP contribution is 2.43. The van der Waals surface area contributed by atoms with Crippen molar-refractivity contribution in [2.24, 2.45) is 0 Å². The molecule has 0 bridgehead atoms. The van der Waals surface area contributed by atoms with Crippen LogP contribution >= 0.6 is 11.6 Å². The molecule has 0 N–H and O–H groups in total. The van der Waals surface area contributed by atoms with Gasteiger partial charge in [0, 0.05) is 28.6 Å². The van der Waals surface area contributed by atoms with Gasteiger partial charge in [-0.1, -0.05) is 139 Å². The molecular weight excluding hydrogens is 440 g/mol. The van der Waals surface area contributed by atoms with Gasteiger partial charge in [0.05, 0.1) is 0 Å². The van der Waals surface area contributed by atoms with Crippen molar-refractivity contribution >= 4 is 17.6 Å². The summed E-state index contributed by atoms with van der Waals surface area (Å²) in [6.07, 6.45) is 0. The summed E-state index contributed by atoms with van der Waals surface area (Å²) in [6, 6.07) is 43.4. The van der Waals surface area contributed by atoms with Crippen LogP contribution in [-0.4, -0.2) is 5.97 Å². The summed E-state index contributed by atoms with van der Waals surface area (Å²) in [6.45, 7) is 1.42. The monoisotopic (exact) mass is 464 g/mol. The van der Waals surface area contributed by atoms with Gasteiger partial charge in [-0.3, -0.25) is 4.79 Å². The molecule has 0 saturated carbocycles. The van der Waals surface area contributed by atoms with Crippen LogP contribution in [0.3, 0.4) is 0 Å². The van der Waals surface area contributed by atoms with Crippen molar-refractivity contribution in [3.05, 3.63) is 155 Å². The van der Waals surface area contributed by atoms with Gasteiger partial charge >= 0.3 is 5.97 Å². The van der Waals surface area contributed by atoms with Crippen LogP contribution in [0.5, 0.6) is 0 Å². The Hall–Kier alpha value is -3.88. The summed E-state index contributed by atoms with van der Waals surface area (Å²) < 4.78 is 6.15. The number of halogens is 1. The predicted octanol–water partition coefficient (Wildman–Crippen LogP) is 7.99. The van der Waals surface area contributed by atoms with E-state index >= 15 is 0 Å². The van der Waals surface area contributed by atoms with Gasteiger partial charge in [-0.15, -0.1) is 0 Å². The Morgan fingerprint density at radius 1 is 0.588 bits per heavy atom. The van der Waals surface area contributed by atoms with Gasteiger partial charge in [0.1, 0.15) is 0 Å². The van der Waals surface area contributed by atoms with Crippen LogP contribution in [-0.2, 0) is 15.1 Å². The quantitative estimate of drug-likeness (QED) is 0.221. The highest BCUT2D eigenvalue weighted by atomic mass is 35.5. The molecule has 0 amide bonds. The van der Waals surface area contributed by atoms with Crippen molar-refractivity contribution in [2.45, 2.75) is 12.5 Å². The molecule has 0 radical (unpaired) electrons. The second kappa shape index (κ2) is 10.8. The van der Waals surface area contributed by atoms with Crippen LogP contribution in [0.2, 0.25) is 5.02 Å². The Bertz CT molecular complexity index is 1290. The van der Waals surface area contributed by atoms with Gasteiger partial charge in [-0.2, -0.15) is 0 Å². The second-order valence-electron chi connectivity index (χ2n) is 7.83. The normalized spacial score (nSPS) is 12.2. The smallest absolute Gasteiger partial charge is 0.304 e. The molecule has 0 fully saturated rings. The lowest BCUT2D eigenvalue weighted by atomic mass is 9.79. The maximum atomic E-state index is 12.4. The van der Waals surface area contributed by atoms with E-state index in [0.29, 0.717) is 10.6 Å². The first-order chi connectivity index (χ1) is 16.6. The third kappa shape index (κ3) is 5.03. The number of carbonyl (C=O) groups excluding carboxylic acids is 1. The third-order valence-corrected chi connectivity index (χ3v) is 5.90. The highest BCUT2D eigenvalue weighted by Gasteiger charge is 2.41. The van der Waals surface area contributed by atoms with E-state index in [0.717, 1.165) is 22.3 Å². The number of rotatable bonds is 5. The maximum absolute atomic E-state index is 12.4. The molecule has 168 valence electrons. The van der Waals surface area contributed by atoms with Crippen LogP contribution in [0, 0.1) is 0 Å². The summed E-state index contributed by atoms with van der Waals surface area (Å²) in [5.74, 6) is -0.393. The number of carbonyl (C=O) groups is 1. The fourth-order valence-corrected chi connectivity index (χ4v) is 4.34. The first-order valence-corrected chi connectivity index (χ1v) is 11.5. The molecule has 0 aromatic heterocycles. The van der Waals surface area contributed by atoms with E-state index in [1.807, 2.05) is 121 Å². The predicted molar refractivity (Wildman–Crippen MR) is 139 cm³/mol. The average Bonchev–Trinajstić information content (AvgIpc) is 2.87. The third-order valence-electron chi connectivity index (χ3n) is 5.57. The van der Waals surface area contributed by atoms with E-state index in [1.54, 1.807) is 0 Å². The van der Waals surface area contributed by atoms with Crippen LogP contribution in [0.1, 0.15) is 23.6 Å². The molecule has 0 aliphatic carbocycles. The van der Waals surface area contributed by atoms with Crippen molar-refractivity contribution in [1.29, 1.82) is 0 Å². The molecule has 0 spiro atoms. The number of hydrogen-bond donors (Lipinski definition) is 0. The summed E-state index contributed by atoms with van der Waals surface area (Å²) in [5.41, 5.74) is 3.28.